The van der Waals surface area contributed by atoms with Gasteiger partial charge in [0.2, 0.25) is 5.91 Å². The van der Waals surface area contributed by atoms with Crippen LogP contribution >= 0.6 is 0 Å². The number of primary amides is 1. The van der Waals surface area contributed by atoms with E-state index in [0.29, 0.717) is 22.6 Å². The molecule has 1 aliphatic rings. The fourth-order valence-electron chi connectivity index (χ4n) is 3.29. The van der Waals surface area contributed by atoms with Crippen LogP contribution in [0.15, 0.2) is 48.5 Å². The molecule has 3 rings (SSSR count). The Bertz CT molecular complexity index is 748. The molecule has 1 saturated carbocycles. The fourth-order valence-corrected chi connectivity index (χ4v) is 3.29. The van der Waals surface area contributed by atoms with Gasteiger partial charge in [0.15, 0.2) is 0 Å². The highest BCUT2D eigenvalue weighted by molar-refractivity contribution is 5.94. The number of nitrogens with two attached hydrogens (primary N) is 1. The van der Waals surface area contributed by atoms with Crippen LogP contribution in [0.3, 0.4) is 0 Å². The van der Waals surface area contributed by atoms with Gasteiger partial charge in [-0.25, -0.2) is 0 Å². The molecule has 0 aliphatic heterocycles. The van der Waals surface area contributed by atoms with Crippen molar-refractivity contribution < 1.29 is 14.3 Å². The second-order valence-electron chi connectivity index (χ2n) is 6.71. The average molecular weight is 352 g/mol. The smallest absolute Gasteiger partial charge is 0.251 e. The van der Waals surface area contributed by atoms with Crippen LogP contribution in [0, 0.1) is 5.92 Å². The maximum atomic E-state index is 12.2. The molecular weight excluding hydrogens is 328 g/mol. The molecule has 2 aromatic rings. The molecule has 0 bridgehead atoms. The Kier molecular flexibility index (Phi) is 5.89. The summed E-state index contributed by atoms with van der Waals surface area (Å²) in [5.41, 5.74) is 6.26. The fraction of sp³-hybridized carbons (Fsp3) is 0.333. The first-order chi connectivity index (χ1) is 12.6. The third-order valence-corrected chi connectivity index (χ3v) is 4.80. The minimum Gasteiger partial charge on any atom is -0.457 e. The molecule has 0 spiro atoms. The Morgan fingerprint density at radius 2 is 1.46 bits per heavy atom. The Balaban J connectivity index is 1.50. The zero-order chi connectivity index (χ0) is 18.4. The van der Waals surface area contributed by atoms with Crippen molar-refractivity contribution in [2.24, 2.45) is 11.7 Å². The summed E-state index contributed by atoms with van der Waals surface area (Å²) in [6.07, 6.45) is 6.30. The van der Waals surface area contributed by atoms with Gasteiger partial charge >= 0.3 is 0 Å². The molecule has 0 radical (unpaired) electrons. The molecule has 5 nitrogen and oxygen atoms in total. The summed E-state index contributed by atoms with van der Waals surface area (Å²) in [5.74, 6) is 1.47. The predicted octanol–water partition coefficient (Wildman–Crippen LogP) is 3.89. The van der Waals surface area contributed by atoms with Crippen LogP contribution in [-0.4, -0.2) is 18.4 Å². The maximum Gasteiger partial charge on any atom is 0.251 e. The van der Waals surface area contributed by atoms with Crippen molar-refractivity contribution in [2.75, 3.05) is 6.54 Å². The quantitative estimate of drug-likeness (QED) is 0.793. The molecule has 2 aromatic carbocycles. The highest BCUT2D eigenvalue weighted by atomic mass is 16.5. The minimum atomic E-state index is -0.472. The van der Waals surface area contributed by atoms with E-state index >= 15 is 0 Å². The van der Waals surface area contributed by atoms with Crippen LogP contribution in [-0.2, 0) is 0 Å². The third-order valence-electron chi connectivity index (χ3n) is 4.80. The summed E-state index contributed by atoms with van der Waals surface area (Å²) in [5, 5.41) is 2.99. The molecule has 1 fully saturated rings. The molecule has 1 aliphatic carbocycles. The van der Waals surface area contributed by atoms with Crippen molar-refractivity contribution in [1.82, 2.24) is 5.32 Å². The highest BCUT2D eigenvalue weighted by Crippen LogP contribution is 2.27. The topological polar surface area (TPSA) is 81.4 Å². The van der Waals surface area contributed by atoms with Crippen molar-refractivity contribution >= 4 is 11.8 Å². The van der Waals surface area contributed by atoms with Gasteiger partial charge in [-0.3, -0.25) is 9.59 Å². The number of carbonyl (C=O) groups is 2. The van der Waals surface area contributed by atoms with E-state index < -0.39 is 5.91 Å². The number of benzene rings is 2. The monoisotopic (exact) mass is 352 g/mol. The maximum absolute atomic E-state index is 12.2. The second-order valence-corrected chi connectivity index (χ2v) is 6.71. The van der Waals surface area contributed by atoms with Crippen LogP contribution in [0.25, 0.3) is 0 Å². The first kappa shape index (κ1) is 18.0. The molecule has 2 amide bonds. The lowest BCUT2D eigenvalue weighted by Gasteiger charge is -2.10. The normalized spacial score (nSPS) is 14.2. The lowest BCUT2D eigenvalue weighted by Crippen LogP contribution is -2.25. The molecule has 0 aromatic heterocycles. The van der Waals surface area contributed by atoms with Crippen molar-refractivity contribution in [3.8, 4) is 11.5 Å². The first-order valence-electron chi connectivity index (χ1n) is 9.08. The van der Waals surface area contributed by atoms with E-state index in [2.05, 4.69) is 5.32 Å². The van der Waals surface area contributed by atoms with E-state index in [-0.39, 0.29) is 5.91 Å². The Labute approximate surface area is 153 Å². The molecule has 0 atom stereocenters. The lowest BCUT2D eigenvalue weighted by molar-refractivity contribution is 0.0950. The van der Waals surface area contributed by atoms with Gasteiger partial charge in [-0.05, 0) is 60.9 Å². The van der Waals surface area contributed by atoms with E-state index in [9.17, 15) is 9.59 Å². The van der Waals surface area contributed by atoms with Crippen LogP contribution in [0.4, 0.5) is 0 Å². The third kappa shape index (κ3) is 4.85. The number of carbonyl (C=O) groups excluding carboxylic acids is 2. The molecule has 0 heterocycles. The van der Waals surface area contributed by atoms with E-state index in [1.165, 1.54) is 25.7 Å². The number of amides is 2. The van der Waals surface area contributed by atoms with Crippen LogP contribution < -0.4 is 15.8 Å². The standard InChI is InChI=1S/C21H24N2O3/c22-20(24)16-5-9-18(10-6-16)26-19-11-7-17(8-12-19)21(25)23-14-13-15-3-1-2-4-15/h5-12,15H,1-4,13-14H2,(H2,22,24)(H,23,25). The Morgan fingerprint density at radius 3 is 2.00 bits per heavy atom. The molecule has 0 unspecified atom stereocenters. The number of ether oxygens (including phenoxy) is 1. The van der Waals surface area contributed by atoms with E-state index in [0.717, 1.165) is 18.9 Å². The largest absolute Gasteiger partial charge is 0.457 e. The Hall–Kier alpha value is -2.82. The highest BCUT2D eigenvalue weighted by Gasteiger charge is 2.15. The van der Waals surface area contributed by atoms with Gasteiger partial charge in [0.05, 0.1) is 0 Å². The number of hydrogen-bond acceptors (Lipinski definition) is 3. The van der Waals surface area contributed by atoms with Gasteiger partial charge in [0.25, 0.3) is 5.91 Å². The van der Waals surface area contributed by atoms with Gasteiger partial charge < -0.3 is 15.8 Å². The number of nitrogens with one attached hydrogen (secondary N) is 1. The first-order valence-corrected chi connectivity index (χ1v) is 9.08. The summed E-state index contributed by atoms with van der Waals surface area (Å²) < 4.78 is 5.71. The van der Waals surface area contributed by atoms with E-state index in [4.69, 9.17) is 10.5 Å². The molecule has 26 heavy (non-hydrogen) atoms. The predicted molar refractivity (Wildman–Crippen MR) is 100 cm³/mol. The van der Waals surface area contributed by atoms with Gasteiger partial charge in [-0.15, -0.1) is 0 Å². The molecular formula is C21H24N2O3. The number of hydrogen-bond donors (Lipinski definition) is 2. The van der Waals surface area contributed by atoms with Crippen molar-refractivity contribution in [3.05, 3.63) is 59.7 Å². The summed E-state index contributed by atoms with van der Waals surface area (Å²) in [7, 11) is 0. The van der Waals surface area contributed by atoms with Crippen molar-refractivity contribution in [2.45, 2.75) is 32.1 Å². The zero-order valence-electron chi connectivity index (χ0n) is 14.7. The molecule has 3 N–H and O–H groups in total. The molecule has 5 heteroatoms. The summed E-state index contributed by atoms with van der Waals surface area (Å²) >= 11 is 0. The van der Waals surface area contributed by atoms with Gasteiger partial charge in [0, 0.05) is 17.7 Å². The van der Waals surface area contributed by atoms with Gasteiger partial charge in [-0.1, -0.05) is 25.7 Å². The molecule has 136 valence electrons. The van der Waals surface area contributed by atoms with Crippen LogP contribution in [0.1, 0.15) is 52.8 Å². The van der Waals surface area contributed by atoms with Gasteiger partial charge in [0.1, 0.15) is 11.5 Å². The number of rotatable bonds is 7. The zero-order valence-corrected chi connectivity index (χ0v) is 14.7. The summed E-state index contributed by atoms with van der Waals surface area (Å²) in [4.78, 5) is 23.3. The minimum absolute atomic E-state index is 0.0552. The van der Waals surface area contributed by atoms with Crippen molar-refractivity contribution in [1.29, 1.82) is 0 Å². The van der Waals surface area contributed by atoms with Crippen LogP contribution in [0.2, 0.25) is 0 Å². The molecule has 0 saturated heterocycles. The van der Waals surface area contributed by atoms with Gasteiger partial charge in [-0.2, -0.15) is 0 Å². The average Bonchev–Trinajstić information content (AvgIpc) is 3.16. The SMILES string of the molecule is NC(=O)c1ccc(Oc2ccc(C(=O)NCCC3CCCC3)cc2)cc1. The van der Waals surface area contributed by atoms with Crippen molar-refractivity contribution in [3.63, 3.8) is 0 Å². The van der Waals surface area contributed by atoms with Crippen LogP contribution in [0.5, 0.6) is 11.5 Å². The van der Waals surface area contributed by atoms with E-state index in [1.54, 1.807) is 48.5 Å². The second kappa shape index (κ2) is 8.52. The summed E-state index contributed by atoms with van der Waals surface area (Å²) in [6, 6.07) is 13.6. The summed E-state index contributed by atoms with van der Waals surface area (Å²) in [6.45, 7) is 0.730. The van der Waals surface area contributed by atoms with E-state index in [1.807, 2.05) is 0 Å². The Morgan fingerprint density at radius 1 is 0.923 bits per heavy atom. The lowest BCUT2D eigenvalue weighted by atomic mass is 10.0.